The number of aromatic nitrogens is 2. The molecule has 0 radical (unpaired) electrons. The van der Waals surface area contributed by atoms with Crippen molar-refractivity contribution in [2.24, 2.45) is 0 Å². The summed E-state index contributed by atoms with van der Waals surface area (Å²) in [7, 11) is 0. The molecule has 0 saturated heterocycles. The van der Waals surface area contributed by atoms with Gasteiger partial charge in [0.1, 0.15) is 0 Å². The smallest absolute Gasteiger partial charge is 0.267 e. The van der Waals surface area contributed by atoms with Crippen molar-refractivity contribution in [2.75, 3.05) is 6.54 Å². The fourth-order valence-corrected chi connectivity index (χ4v) is 2.70. The Balaban J connectivity index is 1.78. The first kappa shape index (κ1) is 13.7. The first-order valence-corrected chi connectivity index (χ1v) is 7.24. The van der Waals surface area contributed by atoms with Crippen molar-refractivity contribution < 1.29 is 4.79 Å². The summed E-state index contributed by atoms with van der Waals surface area (Å²) in [6.07, 6.45) is 0.601. The van der Waals surface area contributed by atoms with Gasteiger partial charge in [0.2, 0.25) is 0 Å². The van der Waals surface area contributed by atoms with Crippen LogP contribution in [0.1, 0.15) is 46.9 Å². The van der Waals surface area contributed by atoms with Gasteiger partial charge in [0.15, 0.2) is 0 Å². The molecule has 0 saturated carbocycles. The summed E-state index contributed by atoms with van der Waals surface area (Å²) < 4.78 is 0. The van der Waals surface area contributed by atoms with E-state index < -0.39 is 0 Å². The Bertz CT molecular complexity index is 710. The van der Waals surface area contributed by atoms with Crippen molar-refractivity contribution in [1.29, 1.82) is 0 Å². The van der Waals surface area contributed by atoms with E-state index in [-0.39, 0.29) is 11.5 Å². The van der Waals surface area contributed by atoms with E-state index in [0.717, 1.165) is 11.3 Å². The van der Waals surface area contributed by atoms with Gasteiger partial charge >= 0.3 is 0 Å². The quantitative estimate of drug-likeness (QED) is 0.886. The number of aromatic amines is 2. The minimum atomic E-state index is -0.0709. The van der Waals surface area contributed by atoms with Crippen LogP contribution < -0.4 is 5.56 Å². The normalized spacial score (nSPS) is 14.3. The minimum Gasteiger partial charge on any atom is -0.332 e. The van der Waals surface area contributed by atoms with Crippen molar-refractivity contribution in [3.63, 3.8) is 0 Å². The molecule has 21 heavy (non-hydrogen) atoms. The molecule has 1 aliphatic heterocycles. The van der Waals surface area contributed by atoms with Crippen molar-refractivity contribution in [2.45, 2.75) is 32.7 Å². The minimum absolute atomic E-state index is 0.0120. The van der Waals surface area contributed by atoms with E-state index >= 15 is 0 Å². The summed E-state index contributed by atoms with van der Waals surface area (Å²) in [5, 5.41) is 5.43. The molecule has 2 aromatic rings. The maximum Gasteiger partial charge on any atom is 0.267 e. The van der Waals surface area contributed by atoms with Crippen LogP contribution in [0.25, 0.3) is 0 Å². The van der Waals surface area contributed by atoms with E-state index in [9.17, 15) is 9.59 Å². The second-order valence-electron chi connectivity index (χ2n) is 5.79. The number of benzene rings is 1. The monoisotopic (exact) mass is 285 g/mol. The molecule has 5 heteroatoms. The number of amides is 1. The molecule has 0 bridgehead atoms. The second kappa shape index (κ2) is 5.24. The zero-order chi connectivity index (χ0) is 15.0. The number of carbonyl (C=O) groups excluding carboxylic acids is 1. The zero-order valence-corrected chi connectivity index (χ0v) is 12.3. The average molecular weight is 285 g/mol. The summed E-state index contributed by atoms with van der Waals surface area (Å²) in [5.74, 6) is 0.467. The molecule has 0 atom stereocenters. The molecule has 0 spiro atoms. The van der Waals surface area contributed by atoms with Gasteiger partial charge in [-0.25, -0.2) is 0 Å². The van der Waals surface area contributed by atoms with Gasteiger partial charge in [-0.1, -0.05) is 26.0 Å². The van der Waals surface area contributed by atoms with Gasteiger partial charge in [-0.15, -0.1) is 0 Å². The van der Waals surface area contributed by atoms with Gasteiger partial charge in [0.05, 0.1) is 12.2 Å². The number of nitrogens with one attached hydrogen (secondary N) is 2. The number of carbonyl (C=O) groups is 1. The van der Waals surface area contributed by atoms with Crippen molar-refractivity contribution >= 4 is 5.91 Å². The Morgan fingerprint density at radius 1 is 1.19 bits per heavy atom. The lowest BCUT2D eigenvalue weighted by Crippen LogP contribution is -2.36. The van der Waals surface area contributed by atoms with Crippen LogP contribution in [0.5, 0.6) is 0 Å². The lowest BCUT2D eigenvalue weighted by Gasteiger charge is -2.26. The molecule has 5 nitrogen and oxygen atoms in total. The fourth-order valence-electron chi connectivity index (χ4n) is 2.70. The maximum atomic E-state index is 12.5. The molecule has 1 aromatic heterocycles. The van der Waals surface area contributed by atoms with Crippen LogP contribution >= 0.6 is 0 Å². The fraction of sp³-hybridized carbons (Fsp3) is 0.375. The number of rotatable bonds is 2. The van der Waals surface area contributed by atoms with Crippen molar-refractivity contribution in [3.05, 3.63) is 57.0 Å². The number of H-pyrrole nitrogens is 2. The van der Waals surface area contributed by atoms with Gasteiger partial charge in [-0.05, 0) is 30.0 Å². The van der Waals surface area contributed by atoms with Crippen LogP contribution in [-0.2, 0) is 13.0 Å². The SMILES string of the molecule is CC(C)c1ccc(C(=O)N2CCc3c([nH][nH]c3=O)C2)cc1. The Hall–Kier alpha value is -2.30. The van der Waals surface area contributed by atoms with Crippen LogP contribution in [0.2, 0.25) is 0 Å². The summed E-state index contributed by atoms with van der Waals surface area (Å²) in [5.41, 5.74) is 3.44. The molecular formula is C16H19N3O2. The number of hydrogen-bond donors (Lipinski definition) is 2. The first-order valence-electron chi connectivity index (χ1n) is 7.24. The van der Waals surface area contributed by atoms with Gasteiger partial charge in [-0.3, -0.25) is 14.7 Å². The molecule has 1 amide bonds. The number of nitrogens with zero attached hydrogens (tertiary/aromatic N) is 1. The predicted octanol–water partition coefficient (Wildman–Crippen LogP) is 2.02. The van der Waals surface area contributed by atoms with E-state index in [4.69, 9.17) is 0 Å². The van der Waals surface area contributed by atoms with E-state index in [1.165, 1.54) is 5.56 Å². The molecule has 0 unspecified atom stereocenters. The zero-order valence-electron chi connectivity index (χ0n) is 12.3. The molecule has 2 heterocycles. The maximum absolute atomic E-state index is 12.5. The highest BCUT2D eigenvalue weighted by atomic mass is 16.2. The molecule has 3 rings (SSSR count). The third-order valence-corrected chi connectivity index (χ3v) is 4.06. The number of hydrogen-bond acceptors (Lipinski definition) is 2. The predicted molar refractivity (Wildman–Crippen MR) is 80.4 cm³/mol. The molecule has 2 N–H and O–H groups in total. The Morgan fingerprint density at radius 3 is 2.57 bits per heavy atom. The van der Waals surface area contributed by atoms with Gasteiger partial charge < -0.3 is 10.00 Å². The molecule has 1 aliphatic rings. The first-order chi connectivity index (χ1) is 10.1. The van der Waals surface area contributed by atoms with E-state index in [2.05, 4.69) is 24.0 Å². The van der Waals surface area contributed by atoms with Crippen LogP contribution in [-0.4, -0.2) is 27.5 Å². The largest absolute Gasteiger partial charge is 0.332 e. The third kappa shape index (κ3) is 2.51. The van der Waals surface area contributed by atoms with E-state index in [0.29, 0.717) is 31.0 Å². The highest BCUT2D eigenvalue weighted by Gasteiger charge is 2.24. The molecule has 110 valence electrons. The second-order valence-corrected chi connectivity index (χ2v) is 5.79. The van der Waals surface area contributed by atoms with E-state index in [1.807, 2.05) is 24.3 Å². The number of fused-ring (bicyclic) bond motifs is 1. The summed E-state index contributed by atoms with van der Waals surface area (Å²) in [6.45, 7) is 5.30. The summed E-state index contributed by atoms with van der Waals surface area (Å²) >= 11 is 0. The van der Waals surface area contributed by atoms with Crippen molar-refractivity contribution in [1.82, 2.24) is 15.1 Å². The van der Waals surface area contributed by atoms with Crippen LogP contribution in [0.15, 0.2) is 29.1 Å². The Labute approximate surface area is 123 Å². The molecular weight excluding hydrogens is 266 g/mol. The Morgan fingerprint density at radius 2 is 1.90 bits per heavy atom. The van der Waals surface area contributed by atoms with Gasteiger partial charge in [0.25, 0.3) is 11.5 Å². The van der Waals surface area contributed by atoms with Crippen LogP contribution in [0.4, 0.5) is 0 Å². The van der Waals surface area contributed by atoms with Crippen LogP contribution in [0, 0.1) is 0 Å². The lowest BCUT2D eigenvalue weighted by atomic mass is 10.0. The summed E-state index contributed by atoms with van der Waals surface area (Å²) in [6, 6.07) is 7.77. The molecule has 1 aromatic carbocycles. The molecule has 0 fully saturated rings. The highest BCUT2D eigenvalue weighted by molar-refractivity contribution is 5.94. The lowest BCUT2D eigenvalue weighted by molar-refractivity contribution is 0.0732. The standard InChI is InChI=1S/C16H19N3O2/c1-10(2)11-3-5-12(6-4-11)16(21)19-8-7-13-14(9-19)17-18-15(13)20/h3-6,10H,7-9H2,1-2H3,(H2,17,18,20). The third-order valence-electron chi connectivity index (χ3n) is 4.06. The average Bonchev–Trinajstić information content (AvgIpc) is 2.87. The Kier molecular flexibility index (Phi) is 3.41. The topological polar surface area (TPSA) is 69.0 Å². The van der Waals surface area contributed by atoms with E-state index in [1.54, 1.807) is 4.90 Å². The highest BCUT2D eigenvalue weighted by Crippen LogP contribution is 2.18. The summed E-state index contributed by atoms with van der Waals surface area (Å²) in [4.78, 5) is 25.8. The van der Waals surface area contributed by atoms with Gasteiger partial charge in [0, 0.05) is 17.7 Å². The molecule has 0 aliphatic carbocycles. The van der Waals surface area contributed by atoms with Crippen LogP contribution in [0.3, 0.4) is 0 Å². The van der Waals surface area contributed by atoms with Crippen molar-refractivity contribution in [3.8, 4) is 0 Å². The van der Waals surface area contributed by atoms with Gasteiger partial charge in [-0.2, -0.15) is 0 Å².